The fourth-order valence-corrected chi connectivity index (χ4v) is 2.45. The van der Waals surface area contributed by atoms with Crippen LogP contribution >= 0.6 is 11.8 Å². The number of nitrogens with two attached hydrogens (primary N) is 1. The van der Waals surface area contributed by atoms with Crippen LogP contribution < -0.4 is 5.73 Å². The van der Waals surface area contributed by atoms with Crippen molar-refractivity contribution >= 4 is 17.4 Å². The third-order valence-corrected chi connectivity index (χ3v) is 3.56. The Morgan fingerprint density at radius 3 is 2.69 bits per heavy atom. The highest BCUT2D eigenvalue weighted by atomic mass is 32.2. The van der Waals surface area contributed by atoms with E-state index in [1.165, 1.54) is 10.5 Å². The molecule has 2 aromatic rings. The Hall–Kier alpha value is -1.35. The molecule has 1 aromatic carbocycles. The third-order valence-electron chi connectivity index (χ3n) is 2.38. The first kappa shape index (κ1) is 11.1. The molecule has 0 saturated carbocycles. The van der Waals surface area contributed by atoms with Gasteiger partial charge in [0.25, 0.3) is 0 Å². The Bertz CT molecular complexity index is 490. The van der Waals surface area contributed by atoms with Gasteiger partial charge in [0, 0.05) is 10.6 Å². The monoisotopic (exact) mass is 233 g/mol. The van der Waals surface area contributed by atoms with Gasteiger partial charge < -0.3 is 10.2 Å². The molecular formula is C13H15NOS. The maximum atomic E-state index is 5.76. The van der Waals surface area contributed by atoms with Gasteiger partial charge in [-0.3, -0.25) is 0 Å². The van der Waals surface area contributed by atoms with E-state index in [4.69, 9.17) is 10.2 Å². The summed E-state index contributed by atoms with van der Waals surface area (Å²) >= 11 is 1.75. The molecule has 84 valence electrons. The molecule has 0 saturated heterocycles. The lowest BCUT2D eigenvalue weighted by Gasteiger charge is -2.05. The number of rotatable bonds is 3. The molecule has 2 N–H and O–H groups in total. The average molecular weight is 233 g/mol. The van der Waals surface area contributed by atoms with Crippen molar-refractivity contribution in [1.29, 1.82) is 0 Å². The van der Waals surface area contributed by atoms with Gasteiger partial charge in [0.15, 0.2) is 0 Å². The van der Waals surface area contributed by atoms with Crippen LogP contribution in [0.5, 0.6) is 0 Å². The third kappa shape index (κ3) is 2.61. The number of hydrogen-bond donors (Lipinski definition) is 1. The highest BCUT2D eigenvalue weighted by Gasteiger charge is 2.03. The highest BCUT2D eigenvalue weighted by molar-refractivity contribution is 7.98. The number of aryl methyl sites for hydroxylation is 2. The zero-order chi connectivity index (χ0) is 11.5. The van der Waals surface area contributed by atoms with E-state index in [1.54, 1.807) is 11.8 Å². The Balaban J connectivity index is 2.07. The highest BCUT2D eigenvalue weighted by Crippen LogP contribution is 2.28. The summed E-state index contributed by atoms with van der Waals surface area (Å²) in [4.78, 5) is 1.22. The SMILES string of the molecule is Cc1ccc(CSc2cc(N)ccc2C)o1. The molecule has 1 heterocycles. The van der Waals surface area contributed by atoms with Crippen LogP contribution in [0, 0.1) is 13.8 Å². The minimum absolute atomic E-state index is 0.809. The zero-order valence-electron chi connectivity index (χ0n) is 9.49. The van der Waals surface area contributed by atoms with Crippen LogP contribution in [0.1, 0.15) is 17.1 Å². The zero-order valence-corrected chi connectivity index (χ0v) is 10.3. The second kappa shape index (κ2) is 4.66. The summed E-state index contributed by atoms with van der Waals surface area (Å²) in [7, 11) is 0. The fourth-order valence-electron chi connectivity index (χ4n) is 1.48. The van der Waals surface area contributed by atoms with Crippen LogP contribution in [-0.2, 0) is 5.75 Å². The van der Waals surface area contributed by atoms with Gasteiger partial charge in [0.1, 0.15) is 11.5 Å². The molecule has 2 nitrogen and oxygen atoms in total. The summed E-state index contributed by atoms with van der Waals surface area (Å²) < 4.78 is 5.52. The maximum Gasteiger partial charge on any atom is 0.114 e. The number of anilines is 1. The molecule has 0 radical (unpaired) electrons. The standard InChI is InChI=1S/C13H15NOS/c1-9-3-5-11(14)7-13(9)16-8-12-6-4-10(2)15-12/h3-7H,8,14H2,1-2H3. The van der Waals surface area contributed by atoms with Crippen LogP contribution in [0.3, 0.4) is 0 Å². The predicted molar refractivity (Wildman–Crippen MR) is 68.6 cm³/mol. The van der Waals surface area contributed by atoms with E-state index in [9.17, 15) is 0 Å². The van der Waals surface area contributed by atoms with Crippen LogP contribution in [0.4, 0.5) is 5.69 Å². The van der Waals surface area contributed by atoms with E-state index in [-0.39, 0.29) is 0 Å². The van der Waals surface area contributed by atoms with Crippen molar-refractivity contribution in [1.82, 2.24) is 0 Å². The summed E-state index contributed by atoms with van der Waals surface area (Å²) in [6.45, 7) is 4.05. The van der Waals surface area contributed by atoms with Crippen LogP contribution in [0.2, 0.25) is 0 Å². The van der Waals surface area contributed by atoms with Crippen molar-refractivity contribution in [3.8, 4) is 0 Å². The molecule has 16 heavy (non-hydrogen) atoms. The van der Waals surface area contributed by atoms with Gasteiger partial charge in [-0.2, -0.15) is 0 Å². The van der Waals surface area contributed by atoms with Crippen molar-refractivity contribution < 1.29 is 4.42 Å². The normalized spacial score (nSPS) is 10.6. The quantitative estimate of drug-likeness (QED) is 0.648. The summed E-state index contributed by atoms with van der Waals surface area (Å²) in [6, 6.07) is 9.99. The van der Waals surface area contributed by atoms with Crippen molar-refractivity contribution in [3.63, 3.8) is 0 Å². The summed E-state index contributed by atoms with van der Waals surface area (Å²) in [5.74, 6) is 2.81. The lowest BCUT2D eigenvalue weighted by atomic mass is 10.2. The van der Waals surface area contributed by atoms with Crippen LogP contribution in [0.15, 0.2) is 39.6 Å². The largest absolute Gasteiger partial charge is 0.465 e. The second-order valence-corrected chi connectivity index (χ2v) is 4.84. The van der Waals surface area contributed by atoms with Gasteiger partial charge in [-0.15, -0.1) is 11.8 Å². The Morgan fingerprint density at radius 1 is 1.19 bits per heavy atom. The summed E-state index contributed by atoms with van der Waals surface area (Å²) in [5.41, 5.74) is 7.83. The van der Waals surface area contributed by atoms with E-state index in [2.05, 4.69) is 6.92 Å². The van der Waals surface area contributed by atoms with Crippen molar-refractivity contribution in [3.05, 3.63) is 47.4 Å². The van der Waals surface area contributed by atoms with E-state index >= 15 is 0 Å². The van der Waals surface area contributed by atoms with E-state index < -0.39 is 0 Å². The van der Waals surface area contributed by atoms with Gasteiger partial charge in [0.2, 0.25) is 0 Å². The Labute approximate surface area is 99.8 Å². The van der Waals surface area contributed by atoms with Crippen molar-refractivity contribution in [2.24, 2.45) is 0 Å². The van der Waals surface area contributed by atoms with Gasteiger partial charge >= 0.3 is 0 Å². The Morgan fingerprint density at radius 2 is 2.00 bits per heavy atom. The number of nitrogen functional groups attached to an aromatic ring is 1. The molecule has 2 rings (SSSR count). The van der Waals surface area contributed by atoms with Gasteiger partial charge in [0.05, 0.1) is 5.75 Å². The number of benzene rings is 1. The minimum atomic E-state index is 0.809. The van der Waals surface area contributed by atoms with E-state index in [0.29, 0.717) is 0 Å². The molecule has 0 fully saturated rings. The molecular weight excluding hydrogens is 218 g/mol. The lowest BCUT2D eigenvalue weighted by Crippen LogP contribution is -1.87. The molecule has 1 aromatic heterocycles. The fraction of sp³-hybridized carbons (Fsp3) is 0.231. The van der Waals surface area contributed by atoms with E-state index in [1.807, 2.05) is 37.3 Å². The molecule has 0 amide bonds. The van der Waals surface area contributed by atoms with Gasteiger partial charge in [-0.25, -0.2) is 0 Å². The maximum absolute atomic E-state index is 5.76. The first-order valence-corrected chi connectivity index (χ1v) is 6.18. The van der Waals surface area contributed by atoms with Crippen LogP contribution in [0.25, 0.3) is 0 Å². The predicted octanol–water partition coefficient (Wildman–Crippen LogP) is 3.77. The summed E-state index contributed by atoms with van der Waals surface area (Å²) in [5, 5.41) is 0. The first-order chi connectivity index (χ1) is 7.65. The number of hydrogen-bond acceptors (Lipinski definition) is 3. The van der Waals surface area contributed by atoms with E-state index in [0.717, 1.165) is 23.0 Å². The molecule has 3 heteroatoms. The average Bonchev–Trinajstić information content (AvgIpc) is 2.66. The molecule has 0 unspecified atom stereocenters. The number of thioether (sulfide) groups is 1. The number of furan rings is 1. The van der Waals surface area contributed by atoms with Crippen molar-refractivity contribution in [2.45, 2.75) is 24.5 Å². The topological polar surface area (TPSA) is 39.2 Å². The molecule has 0 bridgehead atoms. The Kier molecular flexibility index (Phi) is 3.25. The lowest BCUT2D eigenvalue weighted by molar-refractivity contribution is 0.501. The molecule has 0 aliphatic carbocycles. The summed E-state index contributed by atoms with van der Waals surface area (Å²) in [6.07, 6.45) is 0. The second-order valence-electron chi connectivity index (χ2n) is 3.83. The first-order valence-electron chi connectivity index (χ1n) is 5.19. The van der Waals surface area contributed by atoms with Gasteiger partial charge in [-0.1, -0.05) is 6.07 Å². The molecule has 0 aliphatic rings. The van der Waals surface area contributed by atoms with Crippen molar-refractivity contribution in [2.75, 3.05) is 5.73 Å². The van der Waals surface area contributed by atoms with Gasteiger partial charge in [-0.05, 0) is 43.7 Å². The smallest absolute Gasteiger partial charge is 0.114 e. The molecule has 0 atom stereocenters. The molecule has 0 aliphatic heterocycles. The molecule has 0 spiro atoms. The van der Waals surface area contributed by atoms with Crippen LogP contribution in [-0.4, -0.2) is 0 Å². The minimum Gasteiger partial charge on any atom is -0.465 e.